The van der Waals surface area contributed by atoms with E-state index in [0.717, 1.165) is 0 Å². The molecule has 0 saturated heterocycles. The highest BCUT2D eigenvalue weighted by Crippen LogP contribution is 2.28. The molecule has 2 rings (SSSR count). The van der Waals surface area contributed by atoms with Gasteiger partial charge in [0.05, 0.1) is 12.0 Å². The van der Waals surface area contributed by atoms with E-state index in [-0.39, 0.29) is 17.9 Å². The highest BCUT2D eigenvalue weighted by atomic mass is 19.1. The fraction of sp³-hybridized carbons (Fsp3) is 0.188. The third-order valence-electron chi connectivity index (χ3n) is 3.37. The van der Waals surface area contributed by atoms with Crippen molar-refractivity contribution >= 4 is 11.8 Å². The lowest BCUT2D eigenvalue weighted by molar-refractivity contribution is -0.384. The zero-order valence-electron chi connectivity index (χ0n) is 12.8. The van der Waals surface area contributed by atoms with Crippen LogP contribution in [-0.2, 0) is 11.2 Å². The van der Waals surface area contributed by atoms with Crippen molar-refractivity contribution in [1.82, 2.24) is 0 Å². The molecule has 0 heterocycles. The van der Waals surface area contributed by atoms with Crippen LogP contribution in [0.2, 0.25) is 0 Å². The van der Waals surface area contributed by atoms with Gasteiger partial charge in [0.1, 0.15) is 6.10 Å². The summed E-state index contributed by atoms with van der Waals surface area (Å²) in [6.45, 7) is 0. The summed E-state index contributed by atoms with van der Waals surface area (Å²) in [7, 11) is 1.32. The molecule has 0 fully saturated rings. The van der Waals surface area contributed by atoms with E-state index in [1.54, 1.807) is 12.1 Å². The van der Waals surface area contributed by atoms with Crippen LogP contribution in [-0.4, -0.2) is 18.1 Å². The Bertz CT molecular complexity index is 749. The Morgan fingerprint density at radius 2 is 1.96 bits per heavy atom. The standard InChI is InChI=1S/C16H15FN2O5/c1-23-15-9-11(4-7-13(15)17)14(24-16(18)20)8-10-2-5-12(6-3-10)19(21)22/h2-7,9,14H,8H2,1H3,(H2,18,20). The number of hydrogen-bond donors (Lipinski definition) is 1. The number of nitro benzene ring substituents is 1. The summed E-state index contributed by atoms with van der Waals surface area (Å²) in [6, 6.07) is 9.86. The minimum absolute atomic E-state index is 0.00858. The number of carbonyl (C=O) groups is 1. The monoisotopic (exact) mass is 334 g/mol. The molecule has 1 amide bonds. The number of methoxy groups -OCH3 is 1. The molecule has 0 bridgehead atoms. The Morgan fingerprint density at radius 1 is 1.29 bits per heavy atom. The fourth-order valence-electron chi connectivity index (χ4n) is 2.21. The van der Waals surface area contributed by atoms with E-state index in [1.807, 2.05) is 0 Å². The topological polar surface area (TPSA) is 105 Å². The van der Waals surface area contributed by atoms with Crippen LogP contribution >= 0.6 is 0 Å². The highest BCUT2D eigenvalue weighted by Gasteiger charge is 2.19. The maximum absolute atomic E-state index is 13.5. The average molecular weight is 334 g/mol. The molecule has 8 heteroatoms. The lowest BCUT2D eigenvalue weighted by atomic mass is 10.0. The Labute approximate surface area is 136 Å². The van der Waals surface area contributed by atoms with E-state index in [1.165, 1.54) is 37.4 Å². The van der Waals surface area contributed by atoms with Gasteiger partial charge in [-0.2, -0.15) is 0 Å². The first-order valence-electron chi connectivity index (χ1n) is 6.93. The van der Waals surface area contributed by atoms with Gasteiger partial charge in [0, 0.05) is 18.6 Å². The van der Waals surface area contributed by atoms with Crippen molar-refractivity contribution in [1.29, 1.82) is 0 Å². The number of carbonyl (C=O) groups excluding carboxylic acids is 1. The normalized spacial score (nSPS) is 11.6. The Kier molecular flexibility index (Phi) is 5.31. The molecular formula is C16H15FN2O5. The van der Waals surface area contributed by atoms with E-state index < -0.39 is 22.9 Å². The summed E-state index contributed by atoms with van der Waals surface area (Å²) in [5.74, 6) is -0.538. The first kappa shape index (κ1) is 17.2. The van der Waals surface area contributed by atoms with Gasteiger partial charge in [-0.25, -0.2) is 9.18 Å². The summed E-state index contributed by atoms with van der Waals surface area (Å²) in [6.07, 6.45) is -1.54. The third kappa shape index (κ3) is 4.19. The number of benzene rings is 2. The average Bonchev–Trinajstić information content (AvgIpc) is 2.54. The Balaban J connectivity index is 2.28. The molecule has 2 N–H and O–H groups in total. The van der Waals surface area contributed by atoms with Crippen molar-refractivity contribution in [3.05, 3.63) is 69.5 Å². The number of nitrogens with two attached hydrogens (primary N) is 1. The second kappa shape index (κ2) is 7.40. The Morgan fingerprint density at radius 3 is 2.50 bits per heavy atom. The van der Waals surface area contributed by atoms with Crippen molar-refractivity contribution < 1.29 is 23.6 Å². The van der Waals surface area contributed by atoms with Gasteiger partial charge in [0.25, 0.3) is 5.69 Å². The molecule has 2 aromatic carbocycles. The zero-order valence-corrected chi connectivity index (χ0v) is 12.8. The number of halogens is 1. The number of primary amides is 1. The van der Waals surface area contributed by atoms with Gasteiger partial charge in [-0.3, -0.25) is 10.1 Å². The van der Waals surface area contributed by atoms with Crippen molar-refractivity contribution in [2.75, 3.05) is 7.11 Å². The van der Waals surface area contributed by atoms with Crippen LogP contribution in [0.1, 0.15) is 17.2 Å². The maximum atomic E-state index is 13.5. The minimum atomic E-state index is -0.981. The SMILES string of the molecule is COc1cc(C(Cc2ccc([N+](=O)[O-])cc2)OC(N)=O)ccc1F. The lowest BCUT2D eigenvalue weighted by Crippen LogP contribution is -2.19. The van der Waals surface area contributed by atoms with Crippen molar-refractivity contribution in [3.63, 3.8) is 0 Å². The molecular weight excluding hydrogens is 319 g/mol. The number of hydrogen-bond acceptors (Lipinski definition) is 5. The van der Waals surface area contributed by atoms with Crippen molar-refractivity contribution in [2.24, 2.45) is 5.73 Å². The molecule has 0 radical (unpaired) electrons. The minimum Gasteiger partial charge on any atom is -0.494 e. The van der Waals surface area contributed by atoms with Crippen LogP contribution in [0.5, 0.6) is 5.75 Å². The van der Waals surface area contributed by atoms with Crippen LogP contribution in [0, 0.1) is 15.9 Å². The molecule has 0 aliphatic heterocycles. The fourth-order valence-corrected chi connectivity index (χ4v) is 2.21. The van der Waals surface area contributed by atoms with Crippen LogP contribution in [0.3, 0.4) is 0 Å². The number of nitro groups is 1. The zero-order chi connectivity index (χ0) is 17.7. The molecule has 0 aromatic heterocycles. The van der Waals surface area contributed by atoms with E-state index in [4.69, 9.17) is 15.2 Å². The van der Waals surface area contributed by atoms with Gasteiger partial charge in [-0.15, -0.1) is 0 Å². The second-order valence-corrected chi connectivity index (χ2v) is 4.95. The van der Waals surface area contributed by atoms with E-state index in [9.17, 15) is 19.3 Å². The summed E-state index contributed by atoms with van der Waals surface area (Å²) in [4.78, 5) is 21.3. The lowest BCUT2D eigenvalue weighted by Gasteiger charge is -2.18. The van der Waals surface area contributed by atoms with E-state index in [2.05, 4.69) is 0 Å². The van der Waals surface area contributed by atoms with Gasteiger partial charge in [0.2, 0.25) is 0 Å². The molecule has 0 spiro atoms. The largest absolute Gasteiger partial charge is 0.494 e. The molecule has 7 nitrogen and oxygen atoms in total. The van der Waals surface area contributed by atoms with Crippen LogP contribution in [0.4, 0.5) is 14.9 Å². The summed E-state index contributed by atoms with van der Waals surface area (Å²) in [5, 5.41) is 10.7. The van der Waals surface area contributed by atoms with Gasteiger partial charge < -0.3 is 15.2 Å². The van der Waals surface area contributed by atoms with Crippen molar-refractivity contribution in [2.45, 2.75) is 12.5 Å². The number of rotatable bonds is 6. The van der Waals surface area contributed by atoms with Gasteiger partial charge in [-0.05, 0) is 23.3 Å². The summed E-state index contributed by atoms with van der Waals surface area (Å²) in [5.41, 5.74) is 6.23. The molecule has 2 aromatic rings. The first-order valence-corrected chi connectivity index (χ1v) is 6.93. The third-order valence-corrected chi connectivity index (χ3v) is 3.37. The highest BCUT2D eigenvalue weighted by molar-refractivity contribution is 5.65. The number of ether oxygens (including phenoxy) is 2. The van der Waals surface area contributed by atoms with Crippen molar-refractivity contribution in [3.8, 4) is 5.75 Å². The first-order chi connectivity index (χ1) is 11.4. The predicted molar refractivity (Wildman–Crippen MR) is 83.2 cm³/mol. The molecule has 0 saturated carbocycles. The summed E-state index contributed by atoms with van der Waals surface area (Å²) >= 11 is 0. The quantitative estimate of drug-likeness (QED) is 0.645. The van der Waals surface area contributed by atoms with Crippen LogP contribution in [0.25, 0.3) is 0 Å². The number of non-ortho nitro benzene ring substituents is 1. The summed E-state index contributed by atoms with van der Waals surface area (Å²) < 4.78 is 23.5. The Hall–Kier alpha value is -3.16. The number of amides is 1. The van der Waals surface area contributed by atoms with Crippen LogP contribution < -0.4 is 10.5 Å². The maximum Gasteiger partial charge on any atom is 0.405 e. The molecule has 1 unspecified atom stereocenters. The van der Waals surface area contributed by atoms with Gasteiger partial charge in [0.15, 0.2) is 11.6 Å². The predicted octanol–water partition coefficient (Wildman–Crippen LogP) is 3.12. The van der Waals surface area contributed by atoms with Crippen LogP contribution in [0.15, 0.2) is 42.5 Å². The molecule has 0 aliphatic carbocycles. The second-order valence-electron chi connectivity index (χ2n) is 4.95. The van der Waals surface area contributed by atoms with E-state index >= 15 is 0 Å². The number of nitrogens with zero attached hydrogens (tertiary/aromatic N) is 1. The molecule has 0 aliphatic rings. The molecule has 24 heavy (non-hydrogen) atoms. The van der Waals surface area contributed by atoms with Gasteiger partial charge >= 0.3 is 6.09 Å². The molecule has 1 atom stereocenters. The smallest absolute Gasteiger partial charge is 0.405 e. The molecule has 126 valence electrons. The van der Waals surface area contributed by atoms with E-state index in [0.29, 0.717) is 11.1 Å². The van der Waals surface area contributed by atoms with Gasteiger partial charge in [-0.1, -0.05) is 18.2 Å².